The molecule has 1 atom stereocenters. The molecule has 1 saturated heterocycles. The third-order valence-corrected chi connectivity index (χ3v) is 2.43. The molecule has 1 aliphatic heterocycles. The molecule has 76 valence electrons. The maximum atomic E-state index is 11.5. The van der Waals surface area contributed by atoms with Crippen LogP contribution in [-0.2, 0) is 11.3 Å². The average molecular weight is 195 g/mol. The highest BCUT2D eigenvalue weighted by atomic mass is 16.3. The zero-order chi connectivity index (χ0) is 9.97. The fourth-order valence-corrected chi connectivity index (χ4v) is 1.67. The Morgan fingerprint density at radius 2 is 2.50 bits per heavy atom. The van der Waals surface area contributed by atoms with Gasteiger partial charge in [0.1, 0.15) is 11.9 Å². The molecule has 14 heavy (non-hydrogen) atoms. The lowest BCUT2D eigenvalue weighted by Gasteiger charge is -2.28. The number of aliphatic hydroxyl groups is 1. The number of aliphatic hydroxyl groups excluding tert-OH is 1. The first-order valence-corrected chi connectivity index (χ1v) is 4.76. The molecule has 4 heteroatoms. The minimum atomic E-state index is -0.821. The summed E-state index contributed by atoms with van der Waals surface area (Å²) in [6, 6.07) is 3.62. The van der Waals surface area contributed by atoms with Gasteiger partial charge in [-0.1, -0.05) is 0 Å². The number of amides is 1. The van der Waals surface area contributed by atoms with Crippen LogP contribution < -0.4 is 0 Å². The van der Waals surface area contributed by atoms with Crippen LogP contribution in [0.4, 0.5) is 0 Å². The standard InChI is InChI=1S/C10H13NO3/c12-9-4-1-5-11(10(9)13)7-8-3-2-6-14-8/h2-3,6,9,12H,1,4-5,7H2. The van der Waals surface area contributed by atoms with Gasteiger partial charge in [-0.2, -0.15) is 0 Å². The van der Waals surface area contributed by atoms with E-state index in [1.807, 2.05) is 6.07 Å². The molecule has 1 aliphatic rings. The predicted molar refractivity (Wildman–Crippen MR) is 49.4 cm³/mol. The van der Waals surface area contributed by atoms with Gasteiger partial charge in [-0.05, 0) is 25.0 Å². The zero-order valence-corrected chi connectivity index (χ0v) is 7.85. The Hall–Kier alpha value is -1.29. The van der Waals surface area contributed by atoms with E-state index in [-0.39, 0.29) is 5.91 Å². The summed E-state index contributed by atoms with van der Waals surface area (Å²) >= 11 is 0. The van der Waals surface area contributed by atoms with Crippen LogP contribution in [0.3, 0.4) is 0 Å². The van der Waals surface area contributed by atoms with Gasteiger partial charge in [0.25, 0.3) is 5.91 Å². The first-order valence-electron chi connectivity index (χ1n) is 4.76. The van der Waals surface area contributed by atoms with Crippen LogP contribution in [0.25, 0.3) is 0 Å². The van der Waals surface area contributed by atoms with Crippen LogP contribution in [0.15, 0.2) is 22.8 Å². The van der Waals surface area contributed by atoms with E-state index in [0.717, 1.165) is 12.2 Å². The van der Waals surface area contributed by atoms with Crippen molar-refractivity contribution in [1.82, 2.24) is 4.90 Å². The normalized spacial score (nSPS) is 22.8. The second-order valence-electron chi connectivity index (χ2n) is 3.50. The second-order valence-corrected chi connectivity index (χ2v) is 3.50. The number of hydrogen-bond donors (Lipinski definition) is 1. The Bertz CT molecular complexity index is 307. The van der Waals surface area contributed by atoms with Gasteiger partial charge in [-0.25, -0.2) is 0 Å². The van der Waals surface area contributed by atoms with E-state index in [2.05, 4.69) is 0 Å². The van der Waals surface area contributed by atoms with Crippen molar-refractivity contribution in [3.8, 4) is 0 Å². The molecule has 1 aromatic heterocycles. The Labute approximate surface area is 82.1 Å². The highest BCUT2D eigenvalue weighted by Crippen LogP contribution is 2.14. The van der Waals surface area contributed by atoms with Crippen molar-refractivity contribution < 1.29 is 14.3 Å². The van der Waals surface area contributed by atoms with E-state index < -0.39 is 6.10 Å². The van der Waals surface area contributed by atoms with Crippen molar-refractivity contribution in [3.63, 3.8) is 0 Å². The van der Waals surface area contributed by atoms with Gasteiger partial charge in [0.15, 0.2) is 0 Å². The number of nitrogens with zero attached hydrogens (tertiary/aromatic N) is 1. The molecule has 1 fully saturated rings. The molecule has 4 nitrogen and oxygen atoms in total. The number of furan rings is 1. The second kappa shape index (κ2) is 3.84. The molecule has 2 heterocycles. The molecule has 1 unspecified atom stereocenters. The predicted octanol–water partition coefficient (Wildman–Crippen LogP) is 0.763. The van der Waals surface area contributed by atoms with Crippen LogP contribution in [-0.4, -0.2) is 28.6 Å². The van der Waals surface area contributed by atoms with Crippen LogP contribution in [0.1, 0.15) is 18.6 Å². The van der Waals surface area contributed by atoms with Gasteiger partial charge >= 0.3 is 0 Å². The lowest BCUT2D eigenvalue weighted by Crippen LogP contribution is -2.43. The number of hydrogen-bond acceptors (Lipinski definition) is 3. The summed E-state index contributed by atoms with van der Waals surface area (Å²) in [4.78, 5) is 13.1. The zero-order valence-electron chi connectivity index (χ0n) is 7.85. The SMILES string of the molecule is O=C1C(O)CCCN1Cc1ccco1. The molecule has 0 spiro atoms. The summed E-state index contributed by atoms with van der Waals surface area (Å²) in [5.74, 6) is 0.570. The number of likely N-dealkylation sites (tertiary alicyclic amines) is 1. The molecule has 0 bridgehead atoms. The van der Waals surface area contributed by atoms with Crippen molar-refractivity contribution in [1.29, 1.82) is 0 Å². The molecular weight excluding hydrogens is 182 g/mol. The number of carbonyl (C=O) groups excluding carboxylic acids is 1. The summed E-state index contributed by atoms with van der Waals surface area (Å²) in [6.07, 6.45) is 2.19. The van der Waals surface area contributed by atoms with Crippen molar-refractivity contribution in [2.45, 2.75) is 25.5 Å². The largest absolute Gasteiger partial charge is 0.467 e. The van der Waals surface area contributed by atoms with Crippen molar-refractivity contribution in [2.75, 3.05) is 6.54 Å². The molecule has 0 aliphatic carbocycles. The van der Waals surface area contributed by atoms with E-state index in [4.69, 9.17) is 4.42 Å². The number of piperidine rings is 1. The minimum absolute atomic E-state index is 0.187. The van der Waals surface area contributed by atoms with Gasteiger partial charge in [0.2, 0.25) is 0 Å². The van der Waals surface area contributed by atoms with E-state index in [9.17, 15) is 9.90 Å². The summed E-state index contributed by atoms with van der Waals surface area (Å²) in [5.41, 5.74) is 0. The van der Waals surface area contributed by atoms with Crippen molar-refractivity contribution in [3.05, 3.63) is 24.2 Å². The monoisotopic (exact) mass is 195 g/mol. The summed E-state index contributed by atoms with van der Waals surface area (Å²) in [7, 11) is 0. The number of carbonyl (C=O) groups is 1. The fourth-order valence-electron chi connectivity index (χ4n) is 1.67. The van der Waals surface area contributed by atoms with E-state index in [0.29, 0.717) is 19.5 Å². The lowest BCUT2D eigenvalue weighted by atomic mass is 10.1. The van der Waals surface area contributed by atoms with E-state index in [1.54, 1.807) is 17.2 Å². The van der Waals surface area contributed by atoms with Gasteiger partial charge < -0.3 is 14.4 Å². The topological polar surface area (TPSA) is 53.7 Å². The van der Waals surface area contributed by atoms with Gasteiger partial charge in [-0.3, -0.25) is 4.79 Å². The van der Waals surface area contributed by atoms with Crippen LogP contribution >= 0.6 is 0 Å². The first-order chi connectivity index (χ1) is 6.77. The summed E-state index contributed by atoms with van der Waals surface area (Å²) in [5, 5.41) is 9.35. The lowest BCUT2D eigenvalue weighted by molar-refractivity contribution is -0.144. The molecule has 1 N–H and O–H groups in total. The third kappa shape index (κ3) is 1.80. The number of rotatable bonds is 2. The van der Waals surface area contributed by atoms with Crippen LogP contribution in [0.2, 0.25) is 0 Å². The third-order valence-electron chi connectivity index (χ3n) is 2.43. The van der Waals surface area contributed by atoms with Crippen LogP contribution in [0.5, 0.6) is 0 Å². The highest BCUT2D eigenvalue weighted by Gasteiger charge is 2.26. The Balaban J connectivity index is 2.00. The molecule has 1 amide bonds. The van der Waals surface area contributed by atoms with Gasteiger partial charge in [0.05, 0.1) is 12.8 Å². The van der Waals surface area contributed by atoms with Crippen molar-refractivity contribution in [2.24, 2.45) is 0 Å². The van der Waals surface area contributed by atoms with Crippen LogP contribution in [0, 0.1) is 0 Å². The molecule has 1 aromatic rings. The molecule has 2 rings (SSSR count). The Kier molecular flexibility index (Phi) is 2.54. The highest BCUT2D eigenvalue weighted by molar-refractivity contribution is 5.81. The first kappa shape index (κ1) is 9.27. The van der Waals surface area contributed by atoms with E-state index in [1.165, 1.54) is 0 Å². The smallest absolute Gasteiger partial charge is 0.251 e. The maximum absolute atomic E-state index is 11.5. The molecule has 0 aromatic carbocycles. The molecule has 0 saturated carbocycles. The Morgan fingerprint density at radius 3 is 3.21 bits per heavy atom. The molecular formula is C10H13NO3. The van der Waals surface area contributed by atoms with E-state index >= 15 is 0 Å². The quantitative estimate of drug-likeness (QED) is 0.758. The maximum Gasteiger partial charge on any atom is 0.251 e. The molecule has 0 radical (unpaired) electrons. The minimum Gasteiger partial charge on any atom is -0.467 e. The van der Waals surface area contributed by atoms with Gasteiger partial charge in [0, 0.05) is 6.54 Å². The Morgan fingerprint density at radius 1 is 1.64 bits per heavy atom. The average Bonchev–Trinajstić information content (AvgIpc) is 2.66. The van der Waals surface area contributed by atoms with Gasteiger partial charge in [-0.15, -0.1) is 0 Å². The summed E-state index contributed by atoms with van der Waals surface area (Å²) in [6.45, 7) is 1.17. The summed E-state index contributed by atoms with van der Waals surface area (Å²) < 4.78 is 5.14. The fraction of sp³-hybridized carbons (Fsp3) is 0.500. The van der Waals surface area contributed by atoms with Crippen molar-refractivity contribution >= 4 is 5.91 Å².